The van der Waals surface area contributed by atoms with Crippen LogP contribution in [0.2, 0.25) is 0 Å². The van der Waals surface area contributed by atoms with Crippen molar-refractivity contribution >= 4 is 16.8 Å². The van der Waals surface area contributed by atoms with Gasteiger partial charge in [0.2, 0.25) is 5.78 Å². The highest BCUT2D eigenvalue weighted by Crippen LogP contribution is 2.19. The second kappa shape index (κ2) is 6.23. The molecule has 0 radical (unpaired) electrons. The molecule has 1 aromatic heterocycles. The molecule has 0 aliphatic carbocycles. The van der Waals surface area contributed by atoms with E-state index in [1.54, 1.807) is 0 Å². The Hall–Kier alpha value is -1.61. The van der Waals surface area contributed by atoms with E-state index in [1.165, 1.54) is 0 Å². The van der Waals surface area contributed by atoms with E-state index in [0.29, 0.717) is 24.3 Å². The Balaban J connectivity index is 2.04. The van der Waals surface area contributed by atoms with Crippen molar-refractivity contribution in [3.8, 4) is 0 Å². The molecule has 108 valence electrons. The second-order valence-corrected chi connectivity index (χ2v) is 5.97. The number of carbonyl (C=O) groups excluding carboxylic acids is 1. The highest BCUT2D eigenvalue weighted by atomic mass is 16.3. The molecule has 3 nitrogen and oxygen atoms in total. The van der Waals surface area contributed by atoms with Crippen LogP contribution in [0.4, 0.5) is 0 Å². The summed E-state index contributed by atoms with van der Waals surface area (Å²) in [6, 6.07) is 9.93. The van der Waals surface area contributed by atoms with E-state index < -0.39 is 0 Å². The van der Waals surface area contributed by atoms with Gasteiger partial charge in [0.15, 0.2) is 5.76 Å². The van der Waals surface area contributed by atoms with Crippen molar-refractivity contribution in [2.45, 2.75) is 33.2 Å². The molecule has 2 rings (SSSR count). The third-order valence-corrected chi connectivity index (χ3v) is 3.66. The number of rotatable bonds is 6. The lowest BCUT2D eigenvalue weighted by molar-refractivity contribution is 0.0891. The van der Waals surface area contributed by atoms with Crippen molar-refractivity contribution in [2.24, 2.45) is 5.92 Å². The van der Waals surface area contributed by atoms with Gasteiger partial charge in [-0.25, -0.2) is 0 Å². The Morgan fingerprint density at radius 1 is 1.25 bits per heavy atom. The third-order valence-electron chi connectivity index (χ3n) is 3.66. The minimum atomic E-state index is 0.0410. The summed E-state index contributed by atoms with van der Waals surface area (Å²) in [6.45, 7) is 6.95. The van der Waals surface area contributed by atoms with Crippen LogP contribution in [0, 0.1) is 5.92 Å². The van der Waals surface area contributed by atoms with Crippen LogP contribution in [0.25, 0.3) is 11.0 Å². The van der Waals surface area contributed by atoms with Crippen molar-refractivity contribution in [1.29, 1.82) is 0 Å². The Kier molecular flexibility index (Phi) is 4.61. The van der Waals surface area contributed by atoms with Crippen LogP contribution in [-0.4, -0.2) is 30.3 Å². The molecule has 20 heavy (non-hydrogen) atoms. The van der Waals surface area contributed by atoms with Crippen LogP contribution in [0.3, 0.4) is 0 Å². The van der Waals surface area contributed by atoms with E-state index in [2.05, 4.69) is 25.7 Å². The highest BCUT2D eigenvalue weighted by Gasteiger charge is 2.18. The van der Waals surface area contributed by atoms with Gasteiger partial charge in [0.25, 0.3) is 0 Å². The molecule has 0 spiro atoms. The fourth-order valence-electron chi connectivity index (χ4n) is 2.44. The predicted molar refractivity (Wildman–Crippen MR) is 82.1 cm³/mol. The standard InChI is InChI=1S/C17H23NO2/c1-12(2)9-13(3)18(4)11-15(19)17-10-14-7-5-6-8-16(14)20-17/h5-8,10,12-13H,9,11H2,1-4H3. The lowest BCUT2D eigenvalue weighted by Crippen LogP contribution is -2.34. The Bertz CT molecular complexity index is 552. The monoisotopic (exact) mass is 273 g/mol. The summed E-state index contributed by atoms with van der Waals surface area (Å²) in [7, 11) is 1.99. The number of nitrogens with zero attached hydrogens (tertiary/aromatic N) is 1. The summed E-state index contributed by atoms with van der Waals surface area (Å²) < 4.78 is 5.62. The Morgan fingerprint density at radius 2 is 1.95 bits per heavy atom. The summed E-state index contributed by atoms with van der Waals surface area (Å²) in [6.07, 6.45) is 1.09. The van der Waals surface area contributed by atoms with Crippen LogP contribution < -0.4 is 0 Å². The highest BCUT2D eigenvalue weighted by molar-refractivity contribution is 5.98. The zero-order chi connectivity index (χ0) is 14.7. The van der Waals surface area contributed by atoms with E-state index in [9.17, 15) is 4.79 Å². The van der Waals surface area contributed by atoms with Gasteiger partial charge in [0.05, 0.1) is 6.54 Å². The van der Waals surface area contributed by atoms with Crippen LogP contribution in [0.15, 0.2) is 34.7 Å². The summed E-state index contributed by atoms with van der Waals surface area (Å²) in [4.78, 5) is 14.4. The van der Waals surface area contributed by atoms with E-state index in [0.717, 1.165) is 17.4 Å². The minimum absolute atomic E-state index is 0.0410. The fraction of sp³-hybridized carbons (Fsp3) is 0.471. The number of Topliss-reactive ketones (excluding diaryl/α,β-unsaturated/α-hetero) is 1. The summed E-state index contributed by atoms with van der Waals surface area (Å²) in [5.74, 6) is 1.13. The van der Waals surface area contributed by atoms with Gasteiger partial charge in [-0.05, 0) is 38.4 Å². The first kappa shape index (κ1) is 14.8. The normalized spacial score (nSPS) is 13.3. The molecule has 0 saturated carbocycles. The molecule has 0 amide bonds. The maximum atomic E-state index is 12.3. The number of para-hydroxylation sites is 1. The smallest absolute Gasteiger partial charge is 0.211 e. The van der Waals surface area contributed by atoms with Gasteiger partial charge in [0.1, 0.15) is 5.58 Å². The van der Waals surface area contributed by atoms with Crippen molar-refractivity contribution < 1.29 is 9.21 Å². The molecular formula is C17H23NO2. The maximum absolute atomic E-state index is 12.3. The zero-order valence-corrected chi connectivity index (χ0v) is 12.7. The van der Waals surface area contributed by atoms with E-state index >= 15 is 0 Å². The number of fused-ring (bicyclic) bond motifs is 1. The molecule has 0 N–H and O–H groups in total. The molecule has 0 fully saturated rings. The summed E-state index contributed by atoms with van der Waals surface area (Å²) >= 11 is 0. The van der Waals surface area contributed by atoms with Gasteiger partial charge >= 0.3 is 0 Å². The fourth-order valence-corrected chi connectivity index (χ4v) is 2.44. The second-order valence-electron chi connectivity index (χ2n) is 5.97. The molecule has 1 aromatic carbocycles. The van der Waals surface area contributed by atoms with Gasteiger partial charge in [-0.15, -0.1) is 0 Å². The molecule has 0 saturated heterocycles. The SMILES string of the molecule is CC(C)CC(C)N(C)CC(=O)c1cc2ccccc2o1. The van der Waals surface area contributed by atoms with E-state index in [1.807, 2.05) is 37.4 Å². The molecule has 2 aromatic rings. The van der Waals surface area contributed by atoms with Crippen LogP contribution in [0.5, 0.6) is 0 Å². The number of carbonyl (C=O) groups is 1. The van der Waals surface area contributed by atoms with Crippen LogP contribution in [-0.2, 0) is 0 Å². The van der Waals surface area contributed by atoms with Crippen molar-refractivity contribution in [1.82, 2.24) is 4.90 Å². The number of hydrogen-bond donors (Lipinski definition) is 0. The largest absolute Gasteiger partial charge is 0.453 e. The molecule has 1 atom stereocenters. The number of ketones is 1. The molecule has 0 aliphatic heterocycles. The Labute approximate surface area is 120 Å². The van der Waals surface area contributed by atoms with Gasteiger partial charge in [-0.3, -0.25) is 9.69 Å². The first-order valence-electron chi connectivity index (χ1n) is 7.19. The number of hydrogen-bond acceptors (Lipinski definition) is 3. The average Bonchev–Trinajstić information content (AvgIpc) is 2.81. The van der Waals surface area contributed by atoms with Crippen molar-refractivity contribution in [3.63, 3.8) is 0 Å². The maximum Gasteiger partial charge on any atom is 0.211 e. The lowest BCUT2D eigenvalue weighted by Gasteiger charge is -2.25. The number of furan rings is 1. The Morgan fingerprint density at radius 3 is 2.60 bits per heavy atom. The number of likely N-dealkylation sites (N-methyl/N-ethyl adjacent to an activating group) is 1. The predicted octanol–water partition coefficient (Wildman–Crippen LogP) is 3.98. The average molecular weight is 273 g/mol. The third kappa shape index (κ3) is 3.48. The van der Waals surface area contributed by atoms with Crippen molar-refractivity contribution in [3.05, 3.63) is 36.1 Å². The molecule has 3 heteroatoms. The van der Waals surface area contributed by atoms with Gasteiger partial charge in [-0.1, -0.05) is 32.0 Å². The summed E-state index contributed by atoms with van der Waals surface area (Å²) in [5.41, 5.74) is 0.772. The first-order valence-corrected chi connectivity index (χ1v) is 7.19. The zero-order valence-electron chi connectivity index (χ0n) is 12.7. The molecular weight excluding hydrogens is 250 g/mol. The van der Waals surface area contributed by atoms with E-state index in [-0.39, 0.29) is 5.78 Å². The molecule has 0 bridgehead atoms. The molecule has 1 unspecified atom stereocenters. The van der Waals surface area contributed by atoms with Gasteiger partial charge < -0.3 is 4.42 Å². The van der Waals surface area contributed by atoms with E-state index in [4.69, 9.17) is 4.42 Å². The van der Waals surface area contributed by atoms with Gasteiger partial charge in [0, 0.05) is 11.4 Å². The lowest BCUT2D eigenvalue weighted by atomic mass is 10.0. The number of benzene rings is 1. The van der Waals surface area contributed by atoms with Crippen LogP contribution >= 0.6 is 0 Å². The quantitative estimate of drug-likeness (QED) is 0.746. The van der Waals surface area contributed by atoms with Gasteiger partial charge in [-0.2, -0.15) is 0 Å². The first-order chi connectivity index (χ1) is 9.47. The van der Waals surface area contributed by atoms with Crippen LogP contribution in [0.1, 0.15) is 37.7 Å². The summed E-state index contributed by atoms with van der Waals surface area (Å²) in [5, 5.41) is 0.980. The minimum Gasteiger partial charge on any atom is -0.453 e. The molecule has 1 heterocycles. The topological polar surface area (TPSA) is 33.5 Å². The van der Waals surface area contributed by atoms with Crippen molar-refractivity contribution in [2.75, 3.05) is 13.6 Å². The molecule has 0 aliphatic rings.